The van der Waals surface area contributed by atoms with Crippen LogP contribution in [0.5, 0.6) is 0 Å². The number of nitrogens with zero attached hydrogens (tertiary/aromatic N) is 3. The topological polar surface area (TPSA) is 106 Å². The van der Waals surface area contributed by atoms with E-state index in [9.17, 15) is 9.18 Å². The Morgan fingerprint density at radius 1 is 1.21 bits per heavy atom. The quantitative estimate of drug-likeness (QED) is 0.313. The number of piperazine rings is 1. The van der Waals surface area contributed by atoms with Crippen LogP contribution in [0, 0.1) is 5.92 Å². The standard InChI is InChI=1S/C28H31F2N5O4/c1-4-34-7-9-35(10-8-34)18-5-6-21(20(31)13-18)33-26-12-17-11-25(39-23(17)15-32-26)28(30)19(16-36)27(29)22(37-2)14-24(28)38-3/h5-6,11-16,19H,4,7-10,31H2,1-3H3,(H,32,33). The molecule has 11 heteroatoms. The predicted octanol–water partition coefficient (Wildman–Crippen LogP) is 4.65. The zero-order valence-electron chi connectivity index (χ0n) is 22.0. The molecule has 3 N–H and O–H groups in total. The maximum Gasteiger partial charge on any atom is 0.240 e. The lowest BCUT2D eigenvalue weighted by atomic mass is 9.81. The number of aromatic nitrogens is 1. The maximum atomic E-state index is 16.5. The third-order valence-corrected chi connectivity index (χ3v) is 7.38. The number of methoxy groups -OCH3 is 2. The van der Waals surface area contributed by atoms with Crippen molar-refractivity contribution in [1.82, 2.24) is 9.88 Å². The van der Waals surface area contributed by atoms with E-state index in [1.54, 1.807) is 6.07 Å². The number of pyridine rings is 1. The molecule has 3 heterocycles. The van der Waals surface area contributed by atoms with E-state index in [0.717, 1.165) is 44.5 Å². The van der Waals surface area contributed by atoms with Crippen LogP contribution in [0.4, 0.5) is 31.7 Å². The van der Waals surface area contributed by atoms with Crippen molar-refractivity contribution in [1.29, 1.82) is 0 Å². The minimum Gasteiger partial charge on any atom is -0.497 e. The fourth-order valence-electron chi connectivity index (χ4n) is 5.08. The number of hydrogen-bond acceptors (Lipinski definition) is 9. The molecule has 206 valence electrons. The van der Waals surface area contributed by atoms with Crippen LogP contribution < -0.4 is 16.0 Å². The van der Waals surface area contributed by atoms with E-state index in [1.807, 2.05) is 18.2 Å². The molecule has 3 aromatic rings. The van der Waals surface area contributed by atoms with Crippen molar-refractivity contribution in [3.8, 4) is 0 Å². The van der Waals surface area contributed by atoms with Gasteiger partial charge in [0.15, 0.2) is 22.9 Å². The highest BCUT2D eigenvalue weighted by Crippen LogP contribution is 2.49. The second-order valence-electron chi connectivity index (χ2n) is 9.49. The van der Waals surface area contributed by atoms with Crippen LogP contribution in [-0.2, 0) is 19.9 Å². The van der Waals surface area contributed by atoms with Gasteiger partial charge in [-0.2, -0.15) is 0 Å². The number of allylic oxidation sites excluding steroid dienone is 3. The average Bonchev–Trinajstić information content (AvgIpc) is 3.39. The number of likely N-dealkylation sites (N-methyl/N-ethyl adjacent to an activating group) is 1. The van der Waals surface area contributed by atoms with E-state index in [-0.39, 0.29) is 29.1 Å². The number of hydrogen-bond donors (Lipinski definition) is 2. The molecule has 2 atom stereocenters. The van der Waals surface area contributed by atoms with Crippen molar-refractivity contribution in [2.45, 2.75) is 12.6 Å². The molecule has 5 rings (SSSR count). The highest BCUT2D eigenvalue weighted by molar-refractivity contribution is 5.83. The molecule has 0 amide bonds. The van der Waals surface area contributed by atoms with E-state index in [0.29, 0.717) is 22.6 Å². The van der Waals surface area contributed by atoms with Crippen molar-refractivity contribution in [2.75, 3.05) is 62.9 Å². The Morgan fingerprint density at radius 3 is 2.62 bits per heavy atom. The van der Waals surface area contributed by atoms with Crippen molar-refractivity contribution in [2.24, 2.45) is 5.92 Å². The summed E-state index contributed by atoms with van der Waals surface area (Å²) in [7, 11) is 2.45. The number of nitrogens with one attached hydrogen (secondary N) is 1. The lowest BCUT2D eigenvalue weighted by Gasteiger charge is -2.35. The first-order valence-corrected chi connectivity index (χ1v) is 12.7. The van der Waals surface area contributed by atoms with Gasteiger partial charge >= 0.3 is 0 Å². The van der Waals surface area contributed by atoms with Crippen LogP contribution in [0.15, 0.2) is 64.4 Å². The number of fused-ring (bicyclic) bond motifs is 1. The van der Waals surface area contributed by atoms with Crippen LogP contribution in [0.2, 0.25) is 0 Å². The SMILES string of the molecule is CCN1CCN(c2ccc(Nc3cc4cc(C5(F)C(OC)=CC(OC)=C(F)C5C=O)oc4cn3)c(N)c2)CC1. The summed E-state index contributed by atoms with van der Waals surface area (Å²) < 4.78 is 47.2. The first-order valence-electron chi connectivity index (χ1n) is 12.7. The highest BCUT2D eigenvalue weighted by Gasteiger charge is 2.54. The lowest BCUT2D eigenvalue weighted by molar-refractivity contribution is -0.116. The molecule has 0 radical (unpaired) electrons. The van der Waals surface area contributed by atoms with Gasteiger partial charge in [0, 0.05) is 43.3 Å². The molecule has 1 aromatic carbocycles. The van der Waals surface area contributed by atoms with E-state index >= 15 is 4.39 Å². The minimum atomic E-state index is -2.71. The Labute approximate surface area is 224 Å². The van der Waals surface area contributed by atoms with Crippen LogP contribution in [0.3, 0.4) is 0 Å². The zero-order valence-corrected chi connectivity index (χ0v) is 22.0. The van der Waals surface area contributed by atoms with E-state index in [1.165, 1.54) is 26.5 Å². The molecule has 9 nitrogen and oxygen atoms in total. The van der Waals surface area contributed by atoms with Gasteiger partial charge in [0.2, 0.25) is 5.67 Å². The number of carbonyl (C=O) groups is 1. The van der Waals surface area contributed by atoms with Gasteiger partial charge in [0.05, 0.1) is 31.8 Å². The highest BCUT2D eigenvalue weighted by atomic mass is 19.2. The van der Waals surface area contributed by atoms with Gasteiger partial charge < -0.3 is 39.5 Å². The van der Waals surface area contributed by atoms with Crippen molar-refractivity contribution in [3.05, 3.63) is 65.7 Å². The number of carbonyl (C=O) groups excluding carboxylic acids is 1. The van der Waals surface area contributed by atoms with Gasteiger partial charge in [-0.1, -0.05) is 6.92 Å². The number of halogens is 2. The fourth-order valence-corrected chi connectivity index (χ4v) is 5.08. The molecule has 0 saturated carbocycles. The van der Waals surface area contributed by atoms with Gasteiger partial charge in [0.1, 0.15) is 23.8 Å². The second-order valence-corrected chi connectivity index (χ2v) is 9.49. The molecule has 1 aliphatic heterocycles. The summed E-state index contributed by atoms with van der Waals surface area (Å²) in [5, 5.41) is 3.69. The zero-order chi connectivity index (χ0) is 27.7. The summed E-state index contributed by atoms with van der Waals surface area (Å²) in [4.78, 5) is 20.9. The van der Waals surface area contributed by atoms with Gasteiger partial charge in [-0.15, -0.1) is 0 Å². The predicted molar refractivity (Wildman–Crippen MR) is 145 cm³/mol. The molecule has 1 saturated heterocycles. The van der Waals surface area contributed by atoms with Crippen molar-refractivity contribution < 1.29 is 27.5 Å². The third-order valence-electron chi connectivity index (χ3n) is 7.38. The maximum absolute atomic E-state index is 16.5. The van der Waals surface area contributed by atoms with Crippen LogP contribution in [0.25, 0.3) is 11.0 Å². The Balaban J connectivity index is 1.40. The molecule has 2 aromatic heterocycles. The molecular weight excluding hydrogens is 508 g/mol. The van der Waals surface area contributed by atoms with Gasteiger partial charge in [-0.3, -0.25) is 0 Å². The smallest absolute Gasteiger partial charge is 0.240 e. The minimum absolute atomic E-state index is 0.176. The molecule has 0 spiro atoms. The fraction of sp³-hybridized carbons (Fsp3) is 0.357. The van der Waals surface area contributed by atoms with Gasteiger partial charge in [-0.25, -0.2) is 13.8 Å². The Hall–Kier alpha value is -4.12. The number of aldehydes is 1. The van der Waals surface area contributed by atoms with Crippen molar-refractivity contribution in [3.63, 3.8) is 0 Å². The number of furan rings is 1. The third kappa shape index (κ3) is 4.67. The van der Waals surface area contributed by atoms with E-state index in [4.69, 9.17) is 19.6 Å². The Morgan fingerprint density at radius 2 is 1.97 bits per heavy atom. The molecule has 0 bridgehead atoms. The number of nitrogen functional groups attached to an aromatic ring is 1. The van der Waals surface area contributed by atoms with Crippen LogP contribution in [0.1, 0.15) is 12.7 Å². The monoisotopic (exact) mass is 539 g/mol. The van der Waals surface area contributed by atoms with E-state index in [2.05, 4.69) is 27.0 Å². The summed E-state index contributed by atoms with van der Waals surface area (Å²) in [5.41, 5.74) is 6.19. The second kappa shape index (κ2) is 10.6. The number of rotatable bonds is 8. The molecule has 2 unspecified atom stereocenters. The molecule has 2 aliphatic rings. The molecule has 1 aliphatic carbocycles. The van der Waals surface area contributed by atoms with Crippen LogP contribution >= 0.6 is 0 Å². The summed E-state index contributed by atoms with van der Waals surface area (Å²) >= 11 is 0. The number of alkyl halides is 1. The van der Waals surface area contributed by atoms with Gasteiger partial charge in [-0.05, 0) is 36.9 Å². The van der Waals surface area contributed by atoms with Crippen molar-refractivity contribution >= 4 is 40.1 Å². The summed E-state index contributed by atoms with van der Waals surface area (Å²) in [6.07, 6.45) is 2.67. The number of ether oxygens (including phenoxy) is 2. The Bertz CT molecular complexity index is 1450. The first-order chi connectivity index (χ1) is 18.8. The lowest BCUT2D eigenvalue weighted by Crippen LogP contribution is -2.46. The number of anilines is 4. The first kappa shape index (κ1) is 26.5. The normalized spacial score (nSPS) is 22.1. The number of benzene rings is 1. The van der Waals surface area contributed by atoms with Gasteiger partial charge in [0.25, 0.3) is 0 Å². The van der Waals surface area contributed by atoms with E-state index < -0.39 is 17.4 Å². The molecule has 39 heavy (non-hydrogen) atoms. The molecule has 1 fully saturated rings. The van der Waals surface area contributed by atoms with Crippen LogP contribution in [-0.4, -0.2) is 63.1 Å². The largest absolute Gasteiger partial charge is 0.497 e. The molecular formula is C28H31F2N5O4. The average molecular weight is 540 g/mol. The Kier molecular flexibility index (Phi) is 7.17. The summed E-state index contributed by atoms with van der Waals surface area (Å²) in [5.74, 6) is -3.34. The summed E-state index contributed by atoms with van der Waals surface area (Å²) in [6.45, 7) is 7.12. The number of nitrogens with two attached hydrogens (primary N) is 1. The summed E-state index contributed by atoms with van der Waals surface area (Å²) in [6, 6.07) is 8.90.